The Labute approximate surface area is 258 Å². The summed E-state index contributed by atoms with van der Waals surface area (Å²) < 4.78 is 60.6. The first-order chi connectivity index (χ1) is 21.4. The van der Waals surface area contributed by atoms with E-state index in [1.165, 1.54) is 30.5 Å². The van der Waals surface area contributed by atoms with E-state index in [9.17, 15) is 27.2 Å². The lowest BCUT2D eigenvalue weighted by atomic mass is 10.2. The first-order valence-electron chi connectivity index (χ1n) is 13.9. The van der Waals surface area contributed by atoms with E-state index in [-0.39, 0.29) is 34.4 Å². The average molecular weight is 630 g/mol. The minimum absolute atomic E-state index is 0.0137. The smallest absolute Gasteiger partial charge is 0.387 e. The van der Waals surface area contributed by atoms with E-state index in [1.54, 1.807) is 18.9 Å². The second kappa shape index (κ2) is 15.1. The number of likely N-dealkylation sites (N-methyl/N-ethyl adjacent to an activating group) is 2. The van der Waals surface area contributed by atoms with Crippen LogP contribution in [0.4, 0.5) is 40.6 Å². The fourth-order valence-corrected chi connectivity index (χ4v) is 4.24. The highest BCUT2D eigenvalue weighted by molar-refractivity contribution is 6.02. The van der Waals surface area contributed by atoms with Gasteiger partial charge in [-0.25, -0.2) is 13.8 Å². The second-order valence-corrected chi connectivity index (χ2v) is 9.82. The van der Waals surface area contributed by atoms with Gasteiger partial charge in [0.1, 0.15) is 0 Å². The van der Waals surface area contributed by atoms with E-state index in [2.05, 4.69) is 27.2 Å². The van der Waals surface area contributed by atoms with Crippen LogP contribution >= 0.6 is 0 Å². The van der Waals surface area contributed by atoms with E-state index in [4.69, 9.17) is 4.74 Å². The summed E-state index contributed by atoms with van der Waals surface area (Å²) in [6.45, 7) is 7.04. The molecule has 14 heteroatoms. The molecule has 0 bridgehead atoms. The molecule has 2 heterocycles. The molecule has 0 fully saturated rings. The van der Waals surface area contributed by atoms with Crippen LogP contribution in [0.15, 0.2) is 60.0 Å². The van der Waals surface area contributed by atoms with Crippen LogP contribution in [0, 0.1) is 18.6 Å². The number of hydrogen-bond acceptors (Lipinski definition) is 8. The first kappa shape index (κ1) is 34.5. The largest absolute Gasteiger partial charge is 0.433 e. The average Bonchev–Trinajstić information content (AvgIpc) is 2.99. The summed E-state index contributed by atoms with van der Waals surface area (Å²) in [7, 11) is 5.49. The molecule has 0 unspecified atom stereocenters. The van der Waals surface area contributed by atoms with Gasteiger partial charge >= 0.3 is 6.61 Å². The molecule has 0 spiro atoms. The maximum Gasteiger partial charge on any atom is 0.387 e. The van der Waals surface area contributed by atoms with Gasteiger partial charge in [-0.1, -0.05) is 20.4 Å². The van der Waals surface area contributed by atoms with Gasteiger partial charge in [-0.05, 0) is 50.9 Å². The van der Waals surface area contributed by atoms with Gasteiger partial charge in [-0.3, -0.25) is 14.2 Å². The number of nitrogens with zero attached hydrogens (tertiary/aromatic N) is 5. The van der Waals surface area contributed by atoms with Crippen LogP contribution in [-0.2, 0) is 4.79 Å². The van der Waals surface area contributed by atoms with Crippen LogP contribution in [0.2, 0.25) is 0 Å². The molecule has 0 saturated carbocycles. The van der Waals surface area contributed by atoms with Gasteiger partial charge in [-0.15, -0.1) is 0 Å². The summed E-state index contributed by atoms with van der Waals surface area (Å²) in [4.78, 5) is 37.6. The number of benzene rings is 2. The van der Waals surface area contributed by atoms with Gasteiger partial charge in [0, 0.05) is 49.9 Å². The summed E-state index contributed by atoms with van der Waals surface area (Å²) in [6.07, 6.45) is 2.46. The molecule has 1 amide bonds. The highest BCUT2D eigenvalue weighted by Gasteiger charge is 2.20. The Morgan fingerprint density at radius 2 is 1.78 bits per heavy atom. The van der Waals surface area contributed by atoms with Crippen LogP contribution in [-0.4, -0.2) is 66.2 Å². The molecule has 4 rings (SSSR count). The van der Waals surface area contributed by atoms with Gasteiger partial charge in [0.25, 0.3) is 5.56 Å². The fourth-order valence-electron chi connectivity index (χ4n) is 4.24. The molecule has 0 aliphatic carbocycles. The lowest BCUT2D eigenvalue weighted by Gasteiger charge is -2.26. The molecule has 2 aromatic heterocycles. The number of hydrogen-bond donors (Lipinski definition) is 2. The molecule has 10 nitrogen and oxygen atoms in total. The monoisotopic (exact) mass is 629 g/mol. The predicted octanol–water partition coefficient (Wildman–Crippen LogP) is 5.86. The van der Waals surface area contributed by atoms with Crippen LogP contribution < -0.4 is 25.8 Å². The third-order valence-corrected chi connectivity index (χ3v) is 6.42. The molecular formula is C31H35F4N7O3. The summed E-state index contributed by atoms with van der Waals surface area (Å²) >= 11 is 0. The Hall–Kier alpha value is -4.98. The summed E-state index contributed by atoms with van der Waals surface area (Å²) in [5, 5.41) is 5.92. The van der Waals surface area contributed by atoms with E-state index in [1.807, 2.05) is 32.8 Å². The van der Waals surface area contributed by atoms with Crippen molar-refractivity contribution < 1.29 is 27.1 Å². The van der Waals surface area contributed by atoms with Crippen molar-refractivity contribution in [3.8, 4) is 11.4 Å². The Balaban J connectivity index is 0.00000271. The zero-order valence-corrected chi connectivity index (χ0v) is 25.8. The van der Waals surface area contributed by atoms with E-state index >= 15 is 0 Å². The molecule has 240 valence electrons. The number of amides is 1. The molecule has 4 aromatic rings. The molecule has 0 aliphatic heterocycles. The van der Waals surface area contributed by atoms with Crippen LogP contribution in [0.1, 0.15) is 19.4 Å². The van der Waals surface area contributed by atoms with Crippen molar-refractivity contribution in [1.29, 1.82) is 0 Å². The number of nitrogens with one attached hydrogen (secondary N) is 2. The predicted molar refractivity (Wildman–Crippen MR) is 168 cm³/mol. The van der Waals surface area contributed by atoms with Crippen molar-refractivity contribution in [3.05, 3.63) is 82.8 Å². The Kier molecular flexibility index (Phi) is 11.6. The Bertz CT molecular complexity index is 1750. The highest BCUT2D eigenvalue weighted by atomic mass is 19.3. The zero-order chi connectivity index (χ0) is 33.4. The number of anilines is 4. The topological polar surface area (TPSA) is 105 Å². The quantitative estimate of drug-likeness (QED) is 0.157. The molecule has 45 heavy (non-hydrogen) atoms. The van der Waals surface area contributed by atoms with Crippen molar-refractivity contribution in [2.24, 2.45) is 0 Å². The first-order valence-corrected chi connectivity index (χ1v) is 13.9. The molecule has 0 atom stereocenters. The third kappa shape index (κ3) is 8.35. The van der Waals surface area contributed by atoms with Crippen molar-refractivity contribution in [2.45, 2.75) is 27.4 Å². The van der Waals surface area contributed by atoms with Crippen LogP contribution in [0.5, 0.6) is 5.75 Å². The number of rotatable bonds is 11. The normalized spacial score (nSPS) is 10.8. The van der Waals surface area contributed by atoms with Crippen LogP contribution in [0.3, 0.4) is 0 Å². The van der Waals surface area contributed by atoms with Crippen molar-refractivity contribution in [2.75, 3.05) is 49.8 Å². The fraction of sp³-hybridized carbons (Fsp3) is 0.290. The van der Waals surface area contributed by atoms with Crippen molar-refractivity contribution in [1.82, 2.24) is 19.4 Å². The molecule has 2 aromatic carbocycles. The van der Waals surface area contributed by atoms with Crippen LogP contribution in [0.25, 0.3) is 16.7 Å². The maximum atomic E-state index is 14.1. The number of pyridine rings is 1. The van der Waals surface area contributed by atoms with Gasteiger partial charge in [-0.2, -0.15) is 13.8 Å². The minimum Gasteiger partial charge on any atom is -0.433 e. The lowest BCUT2D eigenvalue weighted by Crippen LogP contribution is -2.29. The molecule has 0 aliphatic rings. The van der Waals surface area contributed by atoms with Gasteiger partial charge in [0.05, 0.1) is 22.7 Å². The van der Waals surface area contributed by atoms with Gasteiger partial charge in [0.15, 0.2) is 23.0 Å². The number of aryl methyl sites for hydroxylation is 1. The number of aromatic nitrogens is 3. The number of halogens is 4. The molecule has 0 radical (unpaired) electrons. The number of fused-ring (bicyclic) bond motifs is 1. The standard InChI is InChI=1S/C29H29F4N7O3.C2H6/c1-6-25(41)35-21-13-22(24(43-28(32)33)14-23(21)39(5)10-9-38(3)4)36-29-34-15-18-16(2)11-26(42)40(27(18)37-29)17-7-8-19(30)20(31)12-17;1-2/h6-8,11-15,28H,1,9-10H2,2-5H3,(H,35,41)(H,34,36,37);1-2H3. The number of ether oxygens (including phenoxy) is 1. The third-order valence-electron chi connectivity index (χ3n) is 6.42. The molecular weight excluding hydrogens is 594 g/mol. The summed E-state index contributed by atoms with van der Waals surface area (Å²) in [5.41, 5.74) is 0.627. The van der Waals surface area contributed by atoms with E-state index in [0.29, 0.717) is 29.7 Å². The number of carbonyl (C=O) groups excluding carboxylic acids is 1. The Morgan fingerprint density at radius 3 is 2.40 bits per heavy atom. The van der Waals surface area contributed by atoms with Gasteiger partial charge in [0.2, 0.25) is 11.9 Å². The highest BCUT2D eigenvalue weighted by Crippen LogP contribution is 2.39. The van der Waals surface area contributed by atoms with Crippen molar-refractivity contribution >= 4 is 40.0 Å². The summed E-state index contributed by atoms with van der Waals surface area (Å²) in [6, 6.07) is 6.98. The second-order valence-electron chi connectivity index (χ2n) is 9.82. The van der Waals surface area contributed by atoms with E-state index in [0.717, 1.165) is 22.8 Å². The Morgan fingerprint density at radius 1 is 1.07 bits per heavy atom. The SMILES string of the molecule is C=CC(=O)Nc1cc(Nc2ncc3c(C)cc(=O)n(-c4ccc(F)c(F)c4)c3n2)c(OC(F)F)cc1N(C)CCN(C)C.CC. The van der Waals surface area contributed by atoms with Gasteiger partial charge < -0.3 is 25.2 Å². The lowest BCUT2D eigenvalue weighted by molar-refractivity contribution is -0.111. The maximum absolute atomic E-state index is 14.1. The zero-order valence-electron chi connectivity index (χ0n) is 25.8. The molecule has 0 saturated heterocycles. The number of alkyl halides is 2. The van der Waals surface area contributed by atoms with E-state index < -0.39 is 29.7 Å². The molecule has 2 N–H and O–H groups in total. The minimum atomic E-state index is -3.19. The number of carbonyl (C=O) groups is 1. The summed E-state index contributed by atoms with van der Waals surface area (Å²) in [5.74, 6) is -3.20. The van der Waals surface area contributed by atoms with Crippen molar-refractivity contribution in [3.63, 3.8) is 0 Å².